The van der Waals surface area contributed by atoms with E-state index in [0.717, 1.165) is 0 Å². The Hall–Kier alpha value is -0.720. The third-order valence-electron chi connectivity index (χ3n) is 5.69. The quantitative estimate of drug-likeness (QED) is 0.204. The van der Waals surface area contributed by atoms with Crippen molar-refractivity contribution in [2.24, 2.45) is 0 Å². The van der Waals surface area contributed by atoms with Gasteiger partial charge in [0.25, 0.3) is 0 Å². The van der Waals surface area contributed by atoms with Crippen LogP contribution in [0.3, 0.4) is 0 Å². The van der Waals surface area contributed by atoms with Gasteiger partial charge in [-0.3, -0.25) is 0 Å². The molecule has 1 heterocycles. The zero-order valence-electron chi connectivity index (χ0n) is 17.9. The van der Waals surface area contributed by atoms with Gasteiger partial charge >= 0.3 is 0 Å². The lowest BCUT2D eigenvalue weighted by Gasteiger charge is -2.04. The molecule has 1 aromatic rings. The summed E-state index contributed by atoms with van der Waals surface area (Å²) < 4.78 is 2.30. The molecule has 0 atom stereocenters. The Labute approximate surface area is 165 Å². The summed E-state index contributed by atoms with van der Waals surface area (Å²) in [5.74, 6) is 0. The maximum absolute atomic E-state index is 2.30. The molecule has 0 aliphatic heterocycles. The molecule has 0 fully saturated rings. The molecular formula is C25H47N. The molecule has 0 saturated carbocycles. The third kappa shape index (κ3) is 15.5. The van der Waals surface area contributed by atoms with E-state index in [0.29, 0.717) is 0 Å². The lowest BCUT2D eigenvalue weighted by Crippen LogP contribution is -1.93. The molecule has 1 rings (SSSR count). The minimum atomic E-state index is 1.20. The molecule has 0 radical (unpaired) electrons. The number of rotatable bonds is 20. The lowest BCUT2D eigenvalue weighted by atomic mass is 10.0. The van der Waals surface area contributed by atoms with E-state index in [1.165, 1.54) is 129 Å². The highest BCUT2D eigenvalue weighted by Gasteiger charge is 1.95. The van der Waals surface area contributed by atoms with Gasteiger partial charge in [-0.2, -0.15) is 0 Å². The highest BCUT2D eigenvalue weighted by molar-refractivity contribution is 4.89. The van der Waals surface area contributed by atoms with Crippen LogP contribution in [0, 0.1) is 0 Å². The Bertz CT molecular complexity index is 354. The van der Waals surface area contributed by atoms with Gasteiger partial charge < -0.3 is 4.57 Å². The van der Waals surface area contributed by atoms with Crippen molar-refractivity contribution in [2.45, 2.75) is 135 Å². The average molecular weight is 362 g/mol. The van der Waals surface area contributed by atoms with E-state index in [1.54, 1.807) is 0 Å². The fourth-order valence-electron chi connectivity index (χ4n) is 3.89. The van der Waals surface area contributed by atoms with Gasteiger partial charge in [-0.1, -0.05) is 122 Å². The van der Waals surface area contributed by atoms with Crippen LogP contribution in [0.25, 0.3) is 0 Å². The fraction of sp³-hybridized carbons (Fsp3) is 0.840. The normalized spacial score (nSPS) is 11.3. The molecule has 0 N–H and O–H groups in total. The van der Waals surface area contributed by atoms with Crippen LogP contribution >= 0.6 is 0 Å². The summed E-state index contributed by atoms with van der Waals surface area (Å²) in [6.45, 7) is 3.50. The Morgan fingerprint density at radius 3 is 1.08 bits per heavy atom. The van der Waals surface area contributed by atoms with Crippen LogP contribution in [0.5, 0.6) is 0 Å². The van der Waals surface area contributed by atoms with Gasteiger partial charge in [0.2, 0.25) is 0 Å². The molecule has 0 aliphatic carbocycles. The van der Waals surface area contributed by atoms with Crippen LogP contribution < -0.4 is 0 Å². The molecule has 0 saturated heterocycles. The first-order valence-corrected chi connectivity index (χ1v) is 12.0. The zero-order chi connectivity index (χ0) is 18.5. The smallest absolute Gasteiger partial charge is 0.0219 e. The van der Waals surface area contributed by atoms with Crippen molar-refractivity contribution < 1.29 is 0 Å². The summed E-state index contributed by atoms with van der Waals surface area (Å²) in [7, 11) is 0. The molecule has 1 aromatic heterocycles. The molecular weight excluding hydrogens is 314 g/mol. The van der Waals surface area contributed by atoms with Gasteiger partial charge in [-0.15, -0.1) is 0 Å². The van der Waals surface area contributed by atoms with E-state index in [-0.39, 0.29) is 0 Å². The minimum Gasteiger partial charge on any atom is -0.354 e. The number of nitrogens with zero attached hydrogens (tertiary/aromatic N) is 1. The Balaban J connectivity index is 1.65. The highest BCUT2D eigenvalue weighted by atomic mass is 14.9. The second kappa shape index (κ2) is 19.1. The summed E-state index contributed by atoms with van der Waals surface area (Å²) >= 11 is 0. The monoisotopic (exact) mass is 361 g/mol. The van der Waals surface area contributed by atoms with E-state index in [4.69, 9.17) is 0 Å². The predicted molar refractivity (Wildman–Crippen MR) is 118 cm³/mol. The van der Waals surface area contributed by atoms with Crippen LogP contribution in [-0.4, -0.2) is 4.57 Å². The van der Waals surface area contributed by atoms with Gasteiger partial charge in [0.05, 0.1) is 0 Å². The first-order chi connectivity index (χ1) is 12.9. The Morgan fingerprint density at radius 2 is 0.731 bits per heavy atom. The molecule has 1 heteroatoms. The topological polar surface area (TPSA) is 4.93 Å². The van der Waals surface area contributed by atoms with Crippen LogP contribution in [-0.2, 0) is 6.54 Å². The van der Waals surface area contributed by atoms with Crippen molar-refractivity contribution in [2.75, 3.05) is 0 Å². The SMILES string of the molecule is CCCCCCCCCCCCCCCCCCCCCn1cccc1. The Morgan fingerprint density at radius 1 is 0.423 bits per heavy atom. The molecule has 0 bridgehead atoms. The third-order valence-corrected chi connectivity index (χ3v) is 5.69. The second-order valence-electron chi connectivity index (χ2n) is 8.28. The summed E-state index contributed by atoms with van der Waals surface area (Å²) in [6, 6.07) is 4.24. The molecule has 1 nitrogen and oxygen atoms in total. The van der Waals surface area contributed by atoms with Crippen LogP contribution in [0.4, 0.5) is 0 Å². The first kappa shape index (κ1) is 23.3. The average Bonchev–Trinajstić information content (AvgIpc) is 3.17. The van der Waals surface area contributed by atoms with Gasteiger partial charge in [0, 0.05) is 18.9 Å². The molecule has 0 amide bonds. The summed E-state index contributed by atoms with van der Waals surface area (Å²) in [5.41, 5.74) is 0. The number of unbranched alkanes of at least 4 members (excludes halogenated alkanes) is 18. The zero-order valence-corrected chi connectivity index (χ0v) is 17.9. The molecule has 0 unspecified atom stereocenters. The number of aryl methyl sites for hydroxylation is 1. The van der Waals surface area contributed by atoms with E-state index < -0.39 is 0 Å². The van der Waals surface area contributed by atoms with Crippen molar-refractivity contribution in [1.29, 1.82) is 0 Å². The van der Waals surface area contributed by atoms with Crippen LogP contribution in [0.15, 0.2) is 24.5 Å². The number of hydrogen-bond donors (Lipinski definition) is 0. The van der Waals surface area contributed by atoms with E-state index in [9.17, 15) is 0 Å². The summed E-state index contributed by atoms with van der Waals surface area (Å²) in [5, 5.41) is 0. The van der Waals surface area contributed by atoms with Gasteiger partial charge in [-0.05, 0) is 18.6 Å². The fourth-order valence-corrected chi connectivity index (χ4v) is 3.89. The van der Waals surface area contributed by atoms with Crippen molar-refractivity contribution >= 4 is 0 Å². The highest BCUT2D eigenvalue weighted by Crippen LogP contribution is 2.14. The molecule has 26 heavy (non-hydrogen) atoms. The second-order valence-corrected chi connectivity index (χ2v) is 8.28. The Kier molecular flexibility index (Phi) is 17.1. The van der Waals surface area contributed by atoms with Crippen LogP contribution in [0.2, 0.25) is 0 Å². The first-order valence-electron chi connectivity index (χ1n) is 12.0. The number of hydrogen-bond acceptors (Lipinski definition) is 0. The van der Waals surface area contributed by atoms with Gasteiger partial charge in [0.1, 0.15) is 0 Å². The van der Waals surface area contributed by atoms with Crippen molar-refractivity contribution in [3.63, 3.8) is 0 Å². The summed E-state index contributed by atoms with van der Waals surface area (Å²) in [4.78, 5) is 0. The van der Waals surface area contributed by atoms with E-state index in [2.05, 4.69) is 36.0 Å². The largest absolute Gasteiger partial charge is 0.354 e. The molecule has 0 aliphatic rings. The molecule has 0 spiro atoms. The van der Waals surface area contributed by atoms with Crippen molar-refractivity contribution in [3.05, 3.63) is 24.5 Å². The van der Waals surface area contributed by atoms with E-state index in [1.807, 2.05) is 0 Å². The predicted octanol–water partition coefficient (Wildman–Crippen LogP) is 8.92. The summed E-state index contributed by atoms with van der Waals surface area (Å²) in [6.07, 6.45) is 32.0. The molecule has 0 aromatic carbocycles. The lowest BCUT2D eigenvalue weighted by molar-refractivity contribution is 0.517. The standard InChI is InChI=1S/C25H47N/c1-2-3-4-5-6-7-8-9-10-11-12-13-14-15-16-17-18-19-20-23-26-24-21-22-25-26/h21-22,24-25H,2-20,23H2,1H3. The van der Waals surface area contributed by atoms with Gasteiger partial charge in [0.15, 0.2) is 0 Å². The minimum absolute atomic E-state index is 1.20. The van der Waals surface area contributed by atoms with Crippen molar-refractivity contribution in [1.82, 2.24) is 4.57 Å². The van der Waals surface area contributed by atoms with Crippen LogP contribution in [0.1, 0.15) is 129 Å². The van der Waals surface area contributed by atoms with Crippen molar-refractivity contribution in [3.8, 4) is 0 Å². The molecule has 152 valence electrons. The van der Waals surface area contributed by atoms with E-state index >= 15 is 0 Å². The van der Waals surface area contributed by atoms with Gasteiger partial charge in [-0.25, -0.2) is 0 Å². The maximum atomic E-state index is 2.30. The number of aromatic nitrogens is 1. The maximum Gasteiger partial charge on any atom is 0.0219 e.